The van der Waals surface area contributed by atoms with Crippen LogP contribution < -0.4 is 0 Å². The van der Waals surface area contributed by atoms with Gasteiger partial charge >= 0.3 is 0 Å². The van der Waals surface area contributed by atoms with Gasteiger partial charge in [-0.25, -0.2) is 4.98 Å². The summed E-state index contributed by atoms with van der Waals surface area (Å²) in [6, 6.07) is 5.10. The molecule has 0 spiro atoms. The molecule has 22 heavy (non-hydrogen) atoms. The van der Waals surface area contributed by atoms with E-state index in [1.165, 1.54) is 11.8 Å². The van der Waals surface area contributed by atoms with Gasteiger partial charge in [0.2, 0.25) is 11.1 Å². The van der Waals surface area contributed by atoms with Crippen LogP contribution in [0.4, 0.5) is 0 Å². The van der Waals surface area contributed by atoms with Crippen LogP contribution in [-0.2, 0) is 4.79 Å². The lowest BCUT2D eigenvalue weighted by Gasteiger charge is -2.13. The van der Waals surface area contributed by atoms with Gasteiger partial charge in [-0.05, 0) is 31.0 Å². The SMILES string of the molecule is O=C(CSc1n[nH]c(-c2cc(Br)ccc2O)n1)N1CCCC1. The number of nitrogens with one attached hydrogen (secondary N) is 1. The molecule has 1 aliphatic heterocycles. The van der Waals surface area contributed by atoms with E-state index in [4.69, 9.17) is 0 Å². The van der Waals surface area contributed by atoms with E-state index in [1.807, 2.05) is 4.90 Å². The molecule has 2 aromatic rings. The van der Waals surface area contributed by atoms with Gasteiger partial charge in [0.05, 0.1) is 11.3 Å². The first-order chi connectivity index (χ1) is 10.6. The maximum Gasteiger partial charge on any atom is 0.233 e. The smallest absolute Gasteiger partial charge is 0.233 e. The summed E-state index contributed by atoms with van der Waals surface area (Å²) in [6.45, 7) is 1.70. The lowest BCUT2D eigenvalue weighted by molar-refractivity contribution is -0.127. The Kier molecular flexibility index (Phi) is 4.68. The van der Waals surface area contributed by atoms with Crippen LogP contribution in [0.2, 0.25) is 0 Å². The van der Waals surface area contributed by atoms with Gasteiger partial charge in [0.25, 0.3) is 0 Å². The van der Waals surface area contributed by atoms with Crippen molar-refractivity contribution in [1.29, 1.82) is 0 Å². The molecular weight excluding hydrogens is 368 g/mol. The first kappa shape index (κ1) is 15.4. The maximum atomic E-state index is 12.0. The molecular formula is C14H15BrN4O2S. The third kappa shape index (κ3) is 3.44. The molecule has 0 radical (unpaired) electrons. The number of phenols is 1. The van der Waals surface area contributed by atoms with Crippen molar-refractivity contribution in [2.24, 2.45) is 0 Å². The Labute approximate surface area is 140 Å². The number of thioether (sulfide) groups is 1. The van der Waals surface area contributed by atoms with Gasteiger partial charge in [-0.2, -0.15) is 0 Å². The molecule has 1 fully saturated rings. The number of aromatic hydroxyl groups is 1. The van der Waals surface area contributed by atoms with Crippen molar-refractivity contribution in [3.8, 4) is 17.1 Å². The minimum atomic E-state index is 0.124. The molecule has 1 aliphatic rings. The molecule has 0 saturated carbocycles. The van der Waals surface area contributed by atoms with Gasteiger partial charge in [0.1, 0.15) is 5.75 Å². The van der Waals surface area contributed by atoms with Crippen molar-refractivity contribution in [1.82, 2.24) is 20.1 Å². The molecule has 0 bridgehead atoms. The number of hydrogen-bond donors (Lipinski definition) is 2. The molecule has 0 aliphatic carbocycles. The van der Waals surface area contributed by atoms with Crippen molar-refractivity contribution in [2.75, 3.05) is 18.8 Å². The Hall–Kier alpha value is -1.54. The number of rotatable bonds is 4. The fourth-order valence-corrected chi connectivity index (χ4v) is 3.38. The van der Waals surface area contributed by atoms with E-state index >= 15 is 0 Å². The van der Waals surface area contributed by atoms with Gasteiger partial charge in [-0.15, -0.1) is 5.10 Å². The standard InChI is InChI=1S/C14H15BrN4O2S/c15-9-3-4-11(20)10(7-9)13-16-14(18-17-13)22-8-12(21)19-5-1-2-6-19/h3-4,7,20H,1-2,5-6,8H2,(H,16,17,18). The predicted molar refractivity (Wildman–Crippen MR) is 87.7 cm³/mol. The average molecular weight is 383 g/mol. The highest BCUT2D eigenvalue weighted by atomic mass is 79.9. The molecule has 0 atom stereocenters. The number of hydrogen-bond acceptors (Lipinski definition) is 5. The van der Waals surface area contributed by atoms with Crippen LogP contribution >= 0.6 is 27.7 Å². The van der Waals surface area contributed by atoms with E-state index in [-0.39, 0.29) is 11.7 Å². The summed E-state index contributed by atoms with van der Waals surface area (Å²) >= 11 is 4.66. The van der Waals surface area contributed by atoms with Crippen molar-refractivity contribution in [2.45, 2.75) is 18.0 Å². The van der Waals surface area contributed by atoms with E-state index in [1.54, 1.807) is 18.2 Å². The first-order valence-electron chi connectivity index (χ1n) is 6.95. The summed E-state index contributed by atoms with van der Waals surface area (Å²) < 4.78 is 0.843. The Morgan fingerprint density at radius 2 is 2.18 bits per heavy atom. The number of halogens is 1. The van der Waals surface area contributed by atoms with E-state index < -0.39 is 0 Å². The monoisotopic (exact) mass is 382 g/mol. The maximum absolute atomic E-state index is 12.0. The Morgan fingerprint density at radius 3 is 2.95 bits per heavy atom. The minimum absolute atomic E-state index is 0.124. The second-order valence-electron chi connectivity index (χ2n) is 5.00. The number of carbonyl (C=O) groups excluding carboxylic acids is 1. The number of benzene rings is 1. The topological polar surface area (TPSA) is 82.1 Å². The summed E-state index contributed by atoms with van der Waals surface area (Å²) in [7, 11) is 0. The summed E-state index contributed by atoms with van der Waals surface area (Å²) in [5.41, 5.74) is 0.569. The molecule has 2 heterocycles. The van der Waals surface area contributed by atoms with Crippen LogP contribution in [-0.4, -0.2) is 49.9 Å². The molecule has 6 nitrogen and oxygen atoms in total. The molecule has 1 aromatic carbocycles. The zero-order valence-electron chi connectivity index (χ0n) is 11.8. The van der Waals surface area contributed by atoms with E-state index in [9.17, 15) is 9.90 Å². The molecule has 0 unspecified atom stereocenters. The number of amides is 1. The third-order valence-corrected chi connectivity index (χ3v) is 4.79. The highest BCUT2D eigenvalue weighted by Crippen LogP contribution is 2.30. The summed E-state index contributed by atoms with van der Waals surface area (Å²) in [5, 5.41) is 17.3. The van der Waals surface area contributed by atoms with Gasteiger partial charge in [0.15, 0.2) is 5.82 Å². The third-order valence-electron chi connectivity index (χ3n) is 3.46. The molecule has 2 N–H and O–H groups in total. The van der Waals surface area contributed by atoms with Crippen molar-refractivity contribution in [3.63, 3.8) is 0 Å². The summed E-state index contributed by atoms with van der Waals surface area (Å²) in [4.78, 5) is 18.2. The minimum Gasteiger partial charge on any atom is -0.507 e. The highest BCUT2D eigenvalue weighted by molar-refractivity contribution is 9.10. The quantitative estimate of drug-likeness (QED) is 0.794. The number of likely N-dealkylation sites (tertiary alicyclic amines) is 1. The average Bonchev–Trinajstić information content (AvgIpc) is 3.18. The van der Waals surface area contributed by atoms with Crippen LogP contribution in [0, 0.1) is 0 Å². The van der Waals surface area contributed by atoms with Crippen molar-refractivity contribution >= 4 is 33.6 Å². The Bertz CT molecular complexity index is 685. The number of carbonyl (C=O) groups is 1. The van der Waals surface area contributed by atoms with Gasteiger partial charge in [-0.3, -0.25) is 9.89 Å². The van der Waals surface area contributed by atoms with Crippen molar-refractivity contribution in [3.05, 3.63) is 22.7 Å². The van der Waals surface area contributed by atoms with E-state index in [0.29, 0.717) is 22.3 Å². The number of H-pyrrole nitrogens is 1. The molecule has 1 aromatic heterocycles. The van der Waals surface area contributed by atoms with Crippen LogP contribution in [0.15, 0.2) is 27.8 Å². The van der Waals surface area contributed by atoms with Crippen LogP contribution in [0.25, 0.3) is 11.4 Å². The molecule has 1 amide bonds. The van der Waals surface area contributed by atoms with Crippen LogP contribution in [0.5, 0.6) is 5.75 Å². The van der Waals surface area contributed by atoms with Gasteiger partial charge in [-0.1, -0.05) is 27.7 Å². The zero-order valence-corrected chi connectivity index (χ0v) is 14.2. The summed E-state index contributed by atoms with van der Waals surface area (Å²) in [6.07, 6.45) is 2.17. The summed E-state index contributed by atoms with van der Waals surface area (Å²) in [5.74, 6) is 1.07. The Balaban J connectivity index is 1.66. The first-order valence-corrected chi connectivity index (χ1v) is 8.73. The second-order valence-corrected chi connectivity index (χ2v) is 6.86. The van der Waals surface area contributed by atoms with E-state index in [2.05, 4.69) is 31.1 Å². The predicted octanol–water partition coefficient (Wildman–Crippen LogP) is 2.65. The highest BCUT2D eigenvalue weighted by Gasteiger charge is 2.19. The van der Waals surface area contributed by atoms with Crippen molar-refractivity contribution < 1.29 is 9.90 Å². The second kappa shape index (κ2) is 6.70. The number of aromatic nitrogens is 3. The number of aromatic amines is 1. The molecule has 1 saturated heterocycles. The Morgan fingerprint density at radius 1 is 1.41 bits per heavy atom. The molecule has 116 valence electrons. The van der Waals surface area contributed by atoms with Gasteiger partial charge < -0.3 is 10.0 Å². The largest absolute Gasteiger partial charge is 0.507 e. The molecule has 3 rings (SSSR count). The van der Waals surface area contributed by atoms with Crippen LogP contribution in [0.3, 0.4) is 0 Å². The van der Waals surface area contributed by atoms with E-state index in [0.717, 1.165) is 30.4 Å². The lowest BCUT2D eigenvalue weighted by Crippen LogP contribution is -2.29. The zero-order chi connectivity index (χ0) is 15.5. The van der Waals surface area contributed by atoms with Gasteiger partial charge in [0, 0.05) is 17.6 Å². The number of nitrogens with zero attached hydrogens (tertiary/aromatic N) is 3. The lowest BCUT2D eigenvalue weighted by atomic mass is 10.2. The normalized spacial score (nSPS) is 14.5. The van der Waals surface area contributed by atoms with Crippen LogP contribution in [0.1, 0.15) is 12.8 Å². The fraction of sp³-hybridized carbons (Fsp3) is 0.357. The number of phenolic OH excluding ortho intramolecular Hbond substituents is 1. The fourth-order valence-electron chi connectivity index (χ4n) is 2.31. The molecule has 8 heteroatoms.